The fourth-order valence-electron chi connectivity index (χ4n) is 6.17. The number of hydrogen-bond acceptors (Lipinski definition) is 20. The highest BCUT2D eigenvalue weighted by Gasteiger charge is 2.48. The highest BCUT2D eigenvalue weighted by Crippen LogP contribution is 2.43. The first-order valence-electron chi connectivity index (χ1n) is 17.4. The summed E-state index contributed by atoms with van der Waals surface area (Å²) in [6.45, 7) is -1.33. The number of phenolic OH excluding ortho intramolecular Hbond substituents is 4. The van der Waals surface area contributed by atoms with Gasteiger partial charge in [-0.05, 0) is 48.0 Å². The van der Waals surface area contributed by atoms with Gasteiger partial charge in [-0.2, -0.15) is 0 Å². The Hall–Kier alpha value is -5.68. The Morgan fingerprint density at radius 2 is 1.31 bits per heavy atom. The van der Waals surface area contributed by atoms with E-state index in [1.807, 2.05) is 0 Å². The van der Waals surface area contributed by atoms with E-state index in [-0.39, 0.29) is 45.6 Å². The number of phenols is 4. The average molecular weight is 817 g/mol. The molecule has 2 fully saturated rings. The van der Waals surface area contributed by atoms with Gasteiger partial charge in [0.05, 0.1) is 26.4 Å². The van der Waals surface area contributed by atoms with Gasteiger partial charge >= 0.3 is 5.97 Å². The Labute approximate surface area is 327 Å². The number of carbonyl (C=O) groups is 1. The predicted octanol–water partition coefficient (Wildman–Crippen LogP) is -0.482. The van der Waals surface area contributed by atoms with E-state index in [1.54, 1.807) is 0 Å². The Kier molecular flexibility index (Phi) is 12.6. The lowest BCUT2D eigenvalue weighted by molar-refractivity contribution is -0.323. The van der Waals surface area contributed by atoms with Gasteiger partial charge in [0.1, 0.15) is 66.9 Å². The molecule has 10 N–H and O–H groups in total. The van der Waals surface area contributed by atoms with E-state index in [4.69, 9.17) is 37.6 Å². The molecule has 2 saturated heterocycles. The number of rotatable bonds is 12. The number of aliphatic hydroxyl groups is 6. The van der Waals surface area contributed by atoms with Gasteiger partial charge in [-0.3, -0.25) is 4.79 Å². The van der Waals surface area contributed by atoms with Crippen LogP contribution in [0.4, 0.5) is 0 Å². The number of aliphatic hydroxyl groups excluding tert-OH is 6. The zero-order valence-corrected chi connectivity index (χ0v) is 30.5. The smallest absolute Gasteiger partial charge is 0.330 e. The van der Waals surface area contributed by atoms with E-state index in [9.17, 15) is 60.7 Å². The van der Waals surface area contributed by atoms with Crippen LogP contribution in [0.2, 0.25) is 0 Å². The molecule has 3 aliphatic heterocycles. The van der Waals surface area contributed by atoms with Crippen molar-refractivity contribution in [1.82, 2.24) is 0 Å². The number of esters is 1. The second-order valence-electron chi connectivity index (χ2n) is 13.2. The molecule has 58 heavy (non-hydrogen) atoms. The van der Waals surface area contributed by atoms with E-state index < -0.39 is 103 Å². The molecule has 6 rings (SSSR count). The standard InChI is InChI=1S/C38H40O20/c1-51-23-7-15(8-24(52-2)29(23)44)3-6-28(43)53-13-26-30(45)32(47)34(49)37(57-26)54-14-27-31(46)33(48)35(50)38(58-27)56-25-12-18-20(41)10-17(39)11-22(18)55-36(25)16-4-5-19(40)21(42)9-16/h3-12,26-27,30-35,37-38,40-42,44-50H,13-14H2,1-2H3/t26-,27-,30-,31+,32+,33+,34-,35-,37-,38-/m1/s1. The van der Waals surface area contributed by atoms with Gasteiger partial charge in [-0.15, -0.1) is 0 Å². The molecule has 0 saturated carbocycles. The van der Waals surface area contributed by atoms with E-state index in [0.29, 0.717) is 5.56 Å². The second-order valence-corrected chi connectivity index (χ2v) is 13.2. The zero-order chi connectivity index (χ0) is 42.0. The Bertz CT molecular complexity index is 2130. The largest absolute Gasteiger partial charge is 0.507 e. The quantitative estimate of drug-likeness (QED) is 0.0490. The van der Waals surface area contributed by atoms with E-state index in [1.165, 1.54) is 44.6 Å². The minimum atomic E-state index is -1.93. The van der Waals surface area contributed by atoms with Gasteiger partial charge in [-0.1, -0.05) is 0 Å². The van der Waals surface area contributed by atoms with Crippen LogP contribution in [0.3, 0.4) is 0 Å². The lowest BCUT2D eigenvalue weighted by atomic mass is 9.98. The zero-order valence-electron chi connectivity index (χ0n) is 30.5. The van der Waals surface area contributed by atoms with Crippen LogP contribution in [0.1, 0.15) is 5.56 Å². The molecule has 0 unspecified atom stereocenters. The number of aromatic hydroxyl groups is 4. The minimum absolute atomic E-state index is 0.0220. The van der Waals surface area contributed by atoms with E-state index >= 15 is 0 Å². The fourth-order valence-corrected chi connectivity index (χ4v) is 6.17. The molecule has 2 aromatic rings. The van der Waals surface area contributed by atoms with Crippen molar-refractivity contribution in [3.63, 3.8) is 0 Å². The first-order valence-corrected chi connectivity index (χ1v) is 17.4. The maximum Gasteiger partial charge on any atom is 0.330 e. The predicted molar refractivity (Wildman–Crippen MR) is 193 cm³/mol. The summed E-state index contributed by atoms with van der Waals surface area (Å²) in [5.41, 5.74) is -0.138. The van der Waals surface area contributed by atoms with Gasteiger partial charge in [-0.25, -0.2) is 4.79 Å². The third kappa shape index (κ3) is 8.74. The van der Waals surface area contributed by atoms with E-state index in [2.05, 4.69) is 0 Å². The Balaban J connectivity index is 1.14. The van der Waals surface area contributed by atoms with Gasteiger partial charge in [0, 0.05) is 23.8 Å². The number of hydrogen-bond donors (Lipinski definition) is 10. The summed E-state index contributed by atoms with van der Waals surface area (Å²) in [7, 11) is 2.65. The van der Waals surface area contributed by atoms with Crippen LogP contribution >= 0.6 is 0 Å². The monoisotopic (exact) mass is 816 g/mol. The normalized spacial score (nSPS) is 27.4. The van der Waals surface area contributed by atoms with Crippen molar-refractivity contribution in [2.24, 2.45) is 0 Å². The van der Waals surface area contributed by atoms with Gasteiger partial charge in [0.15, 0.2) is 46.2 Å². The molecular weight excluding hydrogens is 776 g/mol. The van der Waals surface area contributed by atoms with Crippen molar-refractivity contribution >= 4 is 12.0 Å². The molecule has 2 aromatic carbocycles. The summed E-state index contributed by atoms with van der Waals surface area (Å²) in [5, 5.41) is 105. The highest BCUT2D eigenvalue weighted by atomic mass is 16.7. The van der Waals surface area contributed by atoms with Crippen molar-refractivity contribution in [2.45, 2.75) is 61.4 Å². The number of carbonyl (C=O) groups excluding carboxylic acids is 1. The summed E-state index contributed by atoms with van der Waals surface area (Å²) >= 11 is 0. The van der Waals surface area contributed by atoms with Crippen LogP contribution in [-0.2, 0) is 23.7 Å². The maximum absolute atomic E-state index is 12.5. The van der Waals surface area contributed by atoms with Gasteiger partial charge in [0.2, 0.25) is 12.0 Å². The van der Waals surface area contributed by atoms with Crippen LogP contribution in [0, 0.1) is 0 Å². The number of fused-ring (bicyclic) bond motifs is 1. The first kappa shape index (κ1) is 41.9. The van der Waals surface area contributed by atoms with Crippen molar-refractivity contribution in [2.75, 3.05) is 27.4 Å². The minimum Gasteiger partial charge on any atom is -0.507 e. The van der Waals surface area contributed by atoms with Crippen molar-refractivity contribution in [3.05, 3.63) is 70.4 Å². The molecule has 0 amide bonds. The Morgan fingerprint density at radius 1 is 0.690 bits per heavy atom. The molecule has 0 spiro atoms. The molecule has 10 atom stereocenters. The third-order valence-electron chi connectivity index (χ3n) is 9.35. The molecule has 4 aliphatic rings. The maximum atomic E-state index is 12.5. The number of benzene rings is 3. The number of ether oxygens (including phenoxy) is 7. The fraction of sp³-hybridized carbons (Fsp3) is 0.368. The molecule has 0 aromatic heterocycles. The van der Waals surface area contributed by atoms with Crippen LogP contribution in [0.25, 0.3) is 28.7 Å². The van der Waals surface area contributed by atoms with Crippen LogP contribution in [0.5, 0.6) is 40.2 Å². The highest BCUT2D eigenvalue weighted by molar-refractivity contribution is 5.87. The summed E-state index contributed by atoms with van der Waals surface area (Å²) in [4.78, 5) is 24.6. The van der Waals surface area contributed by atoms with Gasteiger partial charge < -0.3 is 88.6 Å². The number of methoxy groups -OCH3 is 2. The molecule has 1 aliphatic carbocycles. The second kappa shape index (κ2) is 17.4. The molecule has 0 radical (unpaired) electrons. The third-order valence-corrected chi connectivity index (χ3v) is 9.35. The Morgan fingerprint density at radius 3 is 1.95 bits per heavy atom. The lowest BCUT2D eigenvalue weighted by Gasteiger charge is -2.42. The topological polar surface area (TPSA) is 314 Å². The molecule has 20 nitrogen and oxygen atoms in total. The average Bonchev–Trinajstić information content (AvgIpc) is 3.20. The molecule has 20 heteroatoms. The van der Waals surface area contributed by atoms with Crippen molar-refractivity contribution < 1.29 is 93.4 Å². The first-order chi connectivity index (χ1) is 27.6. The molecule has 0 bridgehead atoms. The van der Waals surface area contributed by atoms with Crippen LogP contribution < -0.4 is 19.6 Å². The summed E-state index contributed by atoms with van der Waals surface area (Å²) in [6.07, 6.45) is -15.4. The van der Waals surface area contributed by atoms with Crippen molar-refractivity contribution in [1.29, 1.82) is 0 Å². The lowest BCUT2D eigenvalue weighted by Crippen LogP contribution is -2.62. The molecule has 3 heterocycles. The van der Waals surface area contributed by atoms with E-state index in [0.717, 1.165) is 30.3 Å². The molecular formula is C38H40O20. The van der Waals surface area contributed by atoms with Crippen LogP contribution in [-0.4, -0.2) is 146 Å². The van der Waals surface area contributed by atoms with Crippen LogP contribution in [0.15, 0.2) is 63.8 Å². The summed E-state index contributed by atoms with van der Waals surface area (Å²) in [6, 6.07) is 9.59. The molecule has 312 valence electrons. The summed E-state index contributed by atoms with van der Waals surface area (Å²) < 4.78 is 44.0. The van der Waals surface area contributed by atoms with Gasteiger partial charge in [0.25, 0.3) is 0 Å². The van der Waals surface area contributed by atoms with Crippen molar-refractivity contribution in [3.8, 4) is 62.9 Å². The summed E-state index contributed by atoms with van der Waals surface area (Å²) in [5.74, 6) is -3.09. The SMILES string of the molecule is COc1cc(C=CC(=O)OC[C@H]2O[C@@H](OC[C@H]3O[C@@H](Oc4cc5c(O)cc(=O)cc-5oc4-c4ccc(O)c(O)c4)[C@H](O)[C@@H](O)[C@H]3O)[C@H](O)[C@@H](O)[C@@H]2O)cc(OC)c1O.